The van der Waals surface area contributed by atoms with Gasteiger partial charge in [0.2, 0.25) is 5.91 Å². The van der Waals surface area contributed by atoms with E-state index in [-0.39, 0.29) is 24.5 Å². The molecule has 120 valence electrons. The molecule has 2 aromatic carbocycles. The molecule has 23 heavy (non-hydrogen) atoms. The summed E-state index contributed by atoms with van der Waals surface area (Å²) < 4.78 is 0. The van der Waals surface area contributed by atoms with E-state index in [1.54, 1.807) is 12.1 Å². The first kappa shape index (κ1) is 16.5. The molecule has 1 unspecified atom stereocenters. The first-order valence-electron chi connectivity index (χ1n) is 7.38. The van der Waals surface area contributed by atoms with Crippen molar-refractivity contribution in [3.05, 3.63) is 65.7 Å². The lowest BCUT2D eigenvalue weighted by atomic mass is 10.0. The van der Waals surface area contributed by atoms with E-state index in [1.807, 2.05) is 30.3 Å². The number of aromatic hydroxyl groups is 1. The Morgan fingerprint density at radius 1 is 0.957 bits per heavy atom. The van der Waals surface area contributed by atoms with E-state index in [2.05, 4.69) is 5.32 Å². The highest BCUT2D eigenvalue weighted by Crippen LogP contribution is 2.11. The van der Waals surface area contributed by atoms with Crippen LogP contribution in [0, 0.1) is 0 Å². The average Bonchev–Trinajstić information content (AvgIpc) is 2.55. The van der Waals surface area contributed by atoms with Gasteiger partial charge in [-0.2, -0.15) is 0 Å². The van der Waals surface area contributed by atoms with Gasteiger partial charge in [-0.05, 0) is 29.7 Å². The number of phenols is 1. The molecule has 0 saturated heterocycles. The van der Waals surface area contributed by atoms with Crippen molar-refractivity contribution in [1.82, 2.24) is 5.32 Å². The third-order valence-corrected chi connectivity index (χ3v) is 3.49. The standard InChI is InChI=1S/C18H19NO4/c20-15-9-6-14(7-10-15)12-16(18(22)23)19-17(21)11-8-13-4-2-1-3-5-13/h1-7,9-10,16,20H,8,11-12H2,(H,19,21)(H,22,23). The number of hydrogen-bond donors (Lipinski definition) is 3. The smallest absolute Gasteiger partial charge is 0.326 e. The van der Waals surface area contributed by atoms with Crippen molar-refractivity contribution in [2.75, 3.05) is 0 Å². The van der Waals surface area contributed by atoms with Crippen LogP contribution >= 0.6 is 0 Å². The number of carboxylic acids is 1. The molecular weight excluding hydrogens is 294 g/mol. The van der Waals surface area contributed by atoms with Gasteiger partial charge in [-0.15, -0.1) is 0 Å². The lowest BCUT2D eigenvalue weighted by molar-refractivity contribution is -0.141. The first-order chi connectivity index (χ1) is 11.0. The summed E-state index contributed by atoms with van der Waals surface area (Å²) >= 11 is 0. The number of benzene rings is 2. The normalized spacial score (nSPS) is 11.7. The second-order valence-corrected chi connectivity index (χ2v) is 5.31. The maximum atomic E-state index is 12.0. The largest absolute Gasteiger partial charge is 0.508 e. The van der Waals surface area contributed by atoms with Gasteiger partial charge in [0.15, 0.2) is 0 Å². The van der Waals surface area contributed by atoms with Gasteiger partial charge in [0, 0.05) is 12.8 Å². The topological polar surface area (TPSA) is 86.6 Å². The van der Waals surface area contributed by atoms with Gasteiger partial charge in [-0.25, -0.2) is 4.79 Å². The molecule has 0 aliphatic rings. The first-order valence-corrected chi connectivity index (χ1v) is 7.38. The van der Waals surface area contributed by atoms with Crippen LogP contribution in [0.1, 0.15) is 17.5 Å². The van der Waals surface area contributed by atoms with E-state index in [9.17, 15) is 19.8 Å². The number of aliphatic carboxylic acids is 1. The molecule has 2 rings (SSSR count). The second kappa shape index (κ2) is 7.98. The Morgan fingerprint density at radius 2 is 1.61 bits per heavy atom. The highest BCUT2D eigenvalue weighted by atomic mass is 16.4. The number of nitrogens with one attached hydrogen (secondary N) is 1. The van der Waals surface area contributed by atoms with Gasteiger partial charge in [0.25, 0.3) is 0 Å². The molecule has 0 aliphatic carbocycles. The van der Waals surface area contributed by atoms with Crippen LogP contribution in [0.25, 0.3) is 0 Å². The minimum Gasteiger partial charge on any atom is -0.508 e. The van der Waals surface area contributed by atoms with E-state index < -0.39 is 12.0 Å². The van der Waals surface area contributed by atoms with Crippen LogP contribution in [-0.4, -0.2) is 28.1 Å². The van der Waals surface area contributed by atoms with Crippen LogP contribution in [0.4, 0.5) is 0 Å². The molecule has 0 saturated carbocycles. The Kier molecular flexibility index (Phi) is 5.74. The van der Waals surface area contributed by atoms with Crippen LogP contribution in [-0.2, 0) is 22.4 Å². The highest BCUT2D eigenvalue weighted by Gasteiger charge is 2.20. The number of amides is 1. The zero-order chi connectivity index (χ0) is 16.7. The third-order valence-electron chi connectivity index (χ3n) is 3.49. The molecule has 0 aliphatic heterocycles. The van der Waals surface area contributed by atoms with E-state index >= 15 is 0 Å². The van der Waals surface area contributed by atoms with E-state index in [0.717, 1.165) is 11.1 Å². The van der Waals surface area contributed by atoms with Gasteiger partial charge >= 0.3 is 5.97 Å². The van der Waals surface area contributed by atoms with Crippen molar-refractivity contribution in [1.29, 1.82) is 0 Å². The van der Waals surface area contributed by atoms with Crippen molar-refractivity contribution in [3.63, 3.8) is 0 Å². The van der Waals surface area contributed by atoms with Gasteiger partial charge in [-0.1, -0.05) is 42.5 Å². The maximum Gasteiger partial charge on any atom is 0.326 e. The van der Waals surface area contributed by atoms with E-state index in [0.29, 0.717) is 6.42 Å². The Morgan fingerprint density at radius 3 is 2.22 bits per heavy atom. The molecule has 0 bridgehead atoms. The van der Waals surface area contributed by atoms with Crippen LogP contribution in [0.15, 0.2) is 54.6 Å². The fourth-order valence-electron chi connectivity index (χ4n) is 2.24. The molecule has 2 aromatic rings. The molecule has 5 nitrogen and oxygen atoms in total. The minimum atomic E-state index is -1.08. The fourth-order valence-corrected chi connectivity index (χ4v) is 2.24. The van der Waals surface area contributed by atoms with Crippen LogP contribution in [0.2, 0.25) is 0 Å². The van der Waals surface area contributed by atoms with E-state index in [4.69, 9.17) is 0 Å². The number of phenolic OH excluding ortho intramolecular Hbond substituents is 1. The van der Waals surface area contributed by atoms with Crippen LogP contribution in [0.3, 0.4) is 0 Å². The summed E-state index contributed by atoms with van der Waals surface area (Å²) in [6.07, 6.45) is 0.980. The summed E-state index contributed by atoms with van der Waals surface area (Å²) in [5.74, 6) is -1.25. The summed E-state index contributed by atoms with van der Waals surface area (Å²) in [5, 5.41) is 21.0. The molecule has 0 spiro atoms. The number of carboxylic acid groups (broad SMARTS) is 1. The van der Waals surface area contributed by atoms with E-state index in [1.165, 1.54) is 12.1 Å². The minimum absolute atomic E-state index is 0.118. The number of hydrogen-bond acceptors (Lipinski definition) is 3. The molecule has 5 heteroatoms. The highest BCUT2D eigenvalue weighted by molar-refractivity contribution is 5.83. The Bertz CT molecular complexity index is 652. The SMILES string of the molecule is O=C(CCc1ccccc1)NC(Cc1ccc(O)cc1)C(=O)O. The number of aryl methyl sites for hydroxylation is 1. The second-order valence-electron chi connectivity index (χ2n) is 5.31. The lowest BCUT2D eigenvalue weighted by Crippen LogP contribution is -2.42. The quantitative estimate of drug-likeness (QED) is 0.731. The van der Waals surface area contributed by atoms with Crippen molar-refractivity contribution in [2.45, 2.75) is 25.3 Å². The van der Waals surface area contributed by atoms with Crippen LogP contribution < -0.4 is 5.32 Å². The van der Waals surface area contributed by atoms with Crippen molar-refractivity contribution < 1.29 is 19.8 Å². The molecule has 0 aromatic heterocycles. The summed E-state index contributed by atoms with van der Waals surface area (Å²) in [4.78, 5) is 23.3. The zero-order valence-electron chi connectivity index (χ0n) is 12.6. The van der Waals surface area contributed by atoms with Gasteiger partial charge < -0.3 is 15.5 Å². The maximum absolute atomic E-state index is 12.0. The molecule has 0 radical (unpaired) electrons. The molecule has 1 atom stereocenters. The summed E-state index contributed by atoms with van der Waals surface area (Å²) in [5.41, 5.74) is 1.77. The van der Waals surface area contributed by atoms with Gasteiger partial charge in [-0.3, -0.25) is 4.79 Å². The van der Waals surface area contributed by atoms with Crippen LogP contribution in [0.5, 0.6) is 5.75 Å². The summed E-state index contributed by atoms with van der Waals surface area (Å²) in [7, 11) is 0. The number of carbonyl (C=O) groups excluding carboxylic acids is 1. The fraction of sp³-hybridized carbons (Fsp3) is 0.222. The average molecular weight is 313 g/mol. The lowest BCUT2D eigenvalue weighted by Gasteiger charge is -2.14. The predicted octanol–water partition coefficient (Wildman–Crippen LogP) is 2.14. The Balaban J connectivity index is 1.89. The molecule has 0 heterocycles. The number of carbonyl (C=O) groups is 2. The van der Waals surface area contributed by atoms with Crippen molar-refractivity contribution in [2.24, 2.45) is 0 Å². The Hall–Kier alpha value is -2.82. The molecule has 3 N–H and O–H groups in total. The zero-order valence-corrected chi connectivity index (χ0v) is 12.6. The summed E-state index contributed by atoms with van der Waals surface area (Å²) in [6, 6.07) is 14.8. The Labute approximate surface area is 134 Å². The summed E-state index contributed by atoms with van der Waals surface area (Å²) in [6.45, 7) is 0. The van der Waals surface area contributed by atoms with Crippen molar-refractivity contribution >= 4 is 11.9 Å². The van der Waals surface area contributed by atoms with Gasteiger partial charge in [0.1, 0.15) is 11.8 Å². The molecule has 1 amide bonds. The monoisotopic (exact) mass is 313 g/mol. The number of rotatable bonds is 7. The van der Waals surface area contributed by atoms with Gasteiger partial charge in [0.05, 0.1) is 0 Å². The van der Waals surface area contributed by atoms with Crippen molar-refractivity contribution in [3.8, 4) is 5.75 Å². The third kappa shape index (κ3) is 5.47. The molecule has 0 fully saturated rings. The predicted molar refractivity (Wildman–Crippen MR) is 86.1 cm³/mol. The molecular formula is C18H19NO4.